The number of anilines is 1. The number of phenolic OH excluding ortho intramolecular Hbond substituents is 1. The van der Waals surface area contributed by atoms with Crippen molar-refractivity contribution in [2.75, 3.05) is 18.5 Å². The van der Waals surface area contributed by atoms with E-state index in [9.17, 15) is 15.0 Å². The molecule has 1 aromatic rings. The number of amides is 1. The zero-order chi connectivity index (χ0) is 14.8. The first-order valence-corrected chi connectivity index (χ1v) is 7.34. The minimum absolute atomic E-state index is 0. The Hall–Kier alpha value is -1.50. The zero-order valence-electron chi connectivity index (χ0n) is 12.2. The van der Waals surface area contributed by atoms with Gasteiger partial charge in [-0.3, -0.25) is 4.79 Å². The number of aliphatic hydroxyl groups is 1. The first-order valence-electron chi connectivity index (χ1n) is 7.34. The van der Waals surface area contributed by atoms with E-state index in [2.05, 4.69) is 10.6 Å². The van der Waals surface area contributed by atoms with Gasteiger partial charge in [-0.2, -0.15) is 0 Å². The van der Waals surface area contributed by atoms with Crippen molar-refractivity contribution in [2.45, 2.75) is 37.8 Å². The lowest BCUT2D eigenvalue weighted by molar-refractivity contribution is -0.118. The molecule has 1 aromatic carbocycles. The summed E-state index contributed by atoms with van der Waals surface area (Å²) >= 11 is 0. The van der Waals surface area contributed by atoms with Gasteiger partial charge >= 0.3 is 0 Å². The van der Waals surface area contributed by atoms with Gasteiger partial charge in [0.05, 0.1) is 18.3 Å². The number of fused-ring (bicyclic) bond motifs is 1. The van der Waals surface area contributed by atoms with Crippen molar-refractivity contribution < 1.29 is 19.7 Å². The molecule has 1 unspecified atom stereocenters. The van der Waals surface area contributed by atoms with Crippen LogP contribution in [0.15, 0.2) is 12.1 Å². The van der Waals surface area contributed by atoms with Gasteiger partial charge in [0.2, 0.25) is 0 Å². The number of rotatable bonds is 4. The highest BCUT2D eigenvalue weighted by Gasteiger charge is 2.27. The van der Waals surface area contributed by atoms with Gasteiger partial charge in [0.25, 0.3) is 5.91 Å². The first-order chi connectivity index (χ1) is 10.2. The third-order valence-corrected chi connectivity index (χ3v) is 4.07. The van der Waals surface area contributed by atoms with Crippen LogP contribution in [0.4, 0.5) is 5.69 Å². The lowest BCUT2D eigenvalue weighted by Crippen LogP contribution is -2.34. The Balaban J connectivity index is 0.00000176. The normalized spacial score (nSPS) is 18.9. The van der Waals surface area contributed by atoms with E-state index in [1.165, 1.54) is 18.9 Å². The molecule has 0 spiro atoms. The van der Waals surface area contributed by atoms with Gasteiger partial charge in [-0.15, -0.1) is 12.4 Å². The molecule has 22 heavy (non-hydrogen) atoms. The first kappa shape index (κ1) is 16.9. The summed E-state index contributed by atoms with van der Waals surface area (Å²) in [6.07, 6.45) is 4.57. The van der Waals surface area contributed by atoms with E-state index in [4.69, 9.17) is 4.74 Å². The monoisotopic (exact) mass is 328 g/mol. The molecule has 1 atom stereocenters. The van der Waals surface area contributed by atoms with Gasteiger partial charge in [-0.05, 0) is 18.9 Å². The Labute approximate surface area is 135 Å². The van der Waals surface area contributed by atoms with Crippen LogP contribution in [-0.2, 0) is 4.79 Å². The van der Waals surface area contributed by atoms with Crippen LogP contribution in [0.3, 0.4) is 0 Å². The Morgan fingerprint density at radius 3 is 2.77 bits per heavy atom. The Kier molecular flexibility index (Phi) is 5.50. The van der Waals surface area contributed by atoms with E-state index in [1.807, 2.05) is 0 Å². The standard InChI is InChI=1S/C15H20N2O4.ClH/c18-7-13(16-9-3-1-2-4-9)11-5-10(19)6-12-15(11)21-8-14(20)17-12;/h5-6,9,13,16,18-19H,1-4,7-8H2,(H,17,20);1H. The summed E-state index contributed by atoms with van der Waals surface area (Å²) in [5, 5.41) is 25.6. The van der Waals surface area contributed by atoms with Crippen molar-refractivity contribution in [1.29, 1.82) is 0 Å². The summed E-state index contributed by atoms with van der Waals surface area (Å²) in [5.74, 6) is 0.321. The van der Waals surface area contributed by atoms with Crippen LogP contribution < -0.4 is 15.4 Å². The number of aliphatic hydroxyl groups excluding tert-OH is 1. The highest BCUT2D eigenvalue weighted by molar-refractivity contribution is 5.96. The predicted molar refractivity (Wildman–Crippen MR) is 84.7 cm³/mol. The van der Waals surface area contributed by atoms with Crippen LogP contribution in [-0.4, -0.2) is 35.4 Å². The maximum absolute atomic E-state index is 11.4. The molecule has 4 N–H and O–H groups in total. The molecule has 2 aliphatic rings. The van der Waals surface area contributed by atoms with Crippen molar-refractivity contribution in [3.63, 3.8) is 0 Å². The van der Waals surface area contributed by atoms with E-state index >= 15 is 0 Å². The summed E-state index contributed by atoms with van der Waals surface area (Å²) in [6, 6.07) is 3.10. The maximum Gasteiger partial charge on any atom is 0.262 e. The number of benzene rings is 1. The van der Waals surface area contributed by atoms with Crippen LogP contribution in [0.5, 0.6) is 11.5 Å². The van der Waals surface area contributed by atoms with E-state index in [-0.39, 0.29) is 43.3 Å². The number of aromatic hydroxyl groups is 1. The second-order valence-electron chi connectivity index (χ2n) is 5.63. The average Bonchev–Trinajstić information content (AvgIpc) is 2.96. The summed E-state index contributed by atoms with van der Waals surface area (Å²) in [5.41, 5.74) is 1.13. The molecule has 0 saturated heterocycles. The zero-order valence-corrected chi connectivity index (χ0v) is 13.0. The molecule has 1 amide bonds. The number of nitrogens with one attached hydrogen (secondary N) is 2. The van der Waals surface area contributed by atoms with Gasteiger partial charge < -0.3 is 25.6 Å². The van der Waals surface area contributed by atoms with Crippen molar-refractivity contribution >= 4 is 24.0 Å². The molecule has 1 saturated carbocycles. The summed E-state index contributed by atoms with van der Waals surface area (Å²) in [7, 11) is 0. The molecule has 7 heteroatoms. The fourth-order valence-electron chi connectivity index (χ4n) is 3.09. The molecular weight excluding hydrogens is 308 g/mol. The van der Waals surface area contributed by atoms with E-state index in [0.717, 1.165) is 12.8 Å². The highest BCUT2D eigenvalue weighted by atomic mass is 35.5. The number of carbonyl (C=O) groups is 1. The van der Waals surface area contributed by atoms with Crippen molar-refractivity contribution in [2.24, 2.45) is 0 Å². The maximum atomic E-state index is 11.4. The van der Waals surface area contributed by atoms with Crippen LogP contribution in [0, 0.1) is 0 Å². The minimum Gasteiger partial charge on any atom is -0.508 e. The van der Waals surface area contributed by atoms with Gasteiger partial charge in [0.15, 0.2) is 6.61 Å². The molecule has 1 aliphatic carbocycles. The van der Waals surface area contributed by atoms with Crippen molar-refractivity contribution in [1.82, 2.24) is 5.32 Å². The number of hydrogen-bond donors (Lipinski definition) is 4. The number of halogens is 1. The summed E-state index contributed by atoms with van der Waals surface area (Å²) in [4.78, 5) is 11.4. The largest absolute Gasteiger partial charge is 0.508 e. The topological polar surface area (TPSA) is 90.8 Å². The lowest BCUT2D eigenvalue weighted by Gasteiger charge is -2.27. The third-order valence-electron chi connectivity index (χ3n) is 4.07. The number of ether oxygens (including phenoxy) is 1. The molecule has 3 rings (SSSR count). The smallest absolute Gasteiger partial charge is 0.262 e. The third kappa shape index (κ3) is 3.45. The molecule has 1 fully saturated rings. The van der Waals surface area contributed by atoms with Gasteiger partial charge in [-0.25, -0.2) is 0 Å². The molecule has 122 valence electrons. The number of hydrogen-bond acceptors (Lipinski definition) is 5. The Bertz CT molecular complexity index is 547. The second kappa shape index (κ2) is 7.17. The molecule has 1 heterocycles. The van der Waals surface area contributed by atoms with Crippen LogP contribution >= 0.6 is 12.4 Å². The predicted octanol–water partition coefficient (Wildman–Crippen LogP) is 1.71. The Morgan fingerprint density at radius 2 is 2.09 bits per heavy atom. The molecule has 0 radical (unpaired) electrons. The quantitative estimate of drug-likeness (QED) is 0.675. The van der Waals surface area contributed by atoms with Crippen LogP contribution in [0.2, 0.25) is 0 Å². The van der Waals surface area contributed by atoms with Gasteiger partial charge in [-0.1, -0.05) is 12.8 Å². The van der Waals surface area contributed by atoms with Crippen LogP contribution in [0.1, 0.15) is 37.3 Å². The van der Waals surface area contributed by atoms with Crippen LogP contribution in [0.25, 0.3) is 0 Å². The van der Waals surface area contributed by atoms with Crippen molar-refractivity contribution in [3.8, 4) is 11.5 Å². The minimum atomic E-state index is -0.316. The second-order valence-corrected chi connectivity index (χ2v) is 5.63. The highest BCUT2D eigenvalue weighted by Crippen LogP contribution is 2.39. The molecule has 1 aliphatic heterocycles. The molecule has 0 bridgehead atoms. The van der Waals surface area contributed by atoms with Gasteiger partial charge in [0, 0.05) is 17.7 Å². The fraction of sp³-hybridized carbons (Fsp3) is 0.533. The fourth-order valence-corrected chi connectivity index (χ4v) is 3.09. The average molecular weight is 329 g/mol. The summed E-state index contributed by atoms with van der Waals surface area (Å²) in [6.45, 7) is -0.143. The molecule has 0 aromatic heterocycles. The lowest BCUT2D eigenvalue weighted by atomic mass is 10.0. The van der Waals surface area contributed by atoms with Gasteiger partial charge in [0.1, 0.15) is 11.5 Å². The number of carbonyl (C=O) groups excluding carboxylic acids is 1. The van der Waals surface area contributed by atoms with E-state index in [0.29, 0.717) is 23.0 Å². The SMILES string of the molecule is Cl.O=C1COc2c(cc(O)cc2C(CO)NC2CCCC2)N1. The molecule has 6 nitrogen and oxygen atoms in total. The van der Waals surface area contributed by atoms with E-state index < -0.39 is 0 Å². The van der Waals surface area contributed by atoms with Crippen molar-refractivity contribution in [3.05, 3.63) is 17.7 Å². The Morgan fingerprint density at radius 1 is 1.36 bits per heavy atom. The molecular formula is C15H21ClN2O4. The van der Waals surface area contributed by atoms with E-state index in [1.54, 1.807) is 6.07 Å². The summed E-state index contributed by atoms with van der Waals surface area (Å²) < 4.78 is 5.49. The number of phenols is 1.